The van der Waals surface area contributed by atoms with Gasteiger partial charge in [0.15, 0.2) is 5.03 Å². The van der Waals surface area contributed by atoms with Crippen LogP contribution < -0.4 is 0 Å². The summed E-state index contributed by atoms with van der Waals surface area (Å²) < 4.78 is 27.5. The van der Waals surface area contributed by atoms with E-state index in [1.54, 1.807) is 4.31 Å². The summed E-state index contributed by atoms with van der Waals surface area (Å²) in [5.41, 5.74) is 0. The predicted octanol–water partition coefficient (Wildman–Crippen LogP) is 2.71. The molecule has 0 aliphatic heterocycles. The van der Waals surface area contributed by atoms with Gasteiger partial charge >= 0.3 is 0 Å². The third kappa shape index (κ3) is 3.31. The van der Waals surface area contributed by atoms with E-state index in [1.165, 1.54) is 38.3 Å². The van der Waals surface area contributed by atoms with Crippen molar-refractivity contribution in [3.8, 4) is 0 Å². The number of hydrogen-bond acceptors (Lipinski definition) is 3. The van der Waals surface area contributed by atoms with Crippen molar-refractivity contribution in [3.63, 3.8) is 0 Å². The number of aryl methyl sites for hydroxylation is 1. The van der Waals surface area contributed by atoms with Gasteiger partial charge in [0.05, 0.1) is 6.20 Å². The van der Waals surface area contributed by atoms with Gasteiger partial charge in [-0.1, -0.05) is 26.2 Å². The molecule has 118 valence electrons. The van der Waals surface area contributed by atoms with E-state index in [4.69, 9.17) is 0 Å². The first-order valence-electron chi connectivity index (χ1n) is 8.17. The van der Waals surface area contributed by atoms with Gasteiger partial charge in [-0.05, 0) is 31.6 Å². The lowest BCUT2D eigenvalue weighted by Gasteiger charge is -2.28. The molecule has 2 aliphatic rings. The molecule has 1 aromatic heterocycles. The number of nitrogens with zero attached hydrogens (tertiary/aromatic N) is 2. The van der Waals surface area contributed by atoms with E-state index in [-0.39, 0.29) is 11.1 Å². The zero-order valence-electron chi connectivity index (χ0n) is 12.7. The van der Waals surface area contributed by atoms with Gasteiger partial charge in [0, 0.05) is 19.0 Å². The first-order valence-corrected chi connectivity index (χ1v) is 9.61. The highest BCUT2D eigenvalue weighted by molar-refractivity contribution is 7.89. The van der Waals surface area contributed by atoms with Gasteiger partial charge in [-0.15, -0.1) is 0 Å². The maximum absolute atomic E-state index is 12.9. The van der Waals surface area contributed by atoms with Crippen molar-refractivity contribution < 1.29 is 8.42 Å². The monoisotopic (exact) mass is 311 g/mol. The summed E-state index contributed by atoms with van der Waals surface area (Å²) >= 11 is 0. The second kappa shape index (κ2) is 6.08. The molecule has 1 aromatic rings. The van der Waals surface area contributed by atoms with Gasteiger partial charge < -0.3 is 4.98 Å². The molecule has 21 heavy (non-hydrogen) atoms. The molecule has 0 unspecified atom stereocenters. The first-order chi connectivity index (χ1) is 10.1. The Bertz CT molecular complexity index is 571. The van der Waals surface area contributed by atoms with Crippen molar-refractivity contribution in [2.45, 2.75) is 69.4 Å². The lowest BCUT2D eigenvalue weighted by Crippen LogP contribution is -2.38. The molecule has 0 radical (unpaired) electrons. The number of sulfonamides is 1. The van der Waals surface area contributed by atoms with Gasteiger partial charge in [-0.25, -0.2) is 13.4 Å². The summed E-state index contributed by atoms with van der Waals surface area (Å²) in [4.78, 5) is 7.11. The van der Waals surface area contributed by atoms with E-state index in [9.17, 15) is 8.42 Å². The second-order valence-electron chi connectivity index (χ2n) is 6.36. The molecule has 3 rings (SSSR count). The van der Waals surface area contributed by atoms with Crippen LogP contribution in [0.3, 0.4) is 0 Å². The van der Waals surface area contributed by atoms with Crippen molar-refractivity contribution >= 4 is 10.0 Å². The van der Waals surface area contributed by atoms with E-state index in [2.05, 4.69) is 9.97 Å². The summed E-state index contributed by atoms with van der Waals surface area (Å²) in [7, 11) is -3.41. The molecular formula is C15H25N3O2S. The third-order valence-corrected chi connectivity index (χ3v) is 6.47. The number of imidazole rings is 1. The average molecular weight is 311 g/mol. The fourth-order valence-corrected chi connectivity index (χ4v) is 4.91. The van der Waals surface area contributed by atoms with Crippen molar-refractivity contribution in [1.82, 2.24) is 14.3 Å². The number of rotatable bonds is 6. The quantitative estimate of drug-likeness (QED) is 0.878. The van der Waals surface area contributed by atoms with E-state index >= 15 is 0 Å². The fraction of sp³-hybridized carbons (Fsp3) is 0.800. The van der Waals surface area contributed by atoms with Gasteiger partial charge in [-0.2, -0.15) is 4.31 Å². The predicted molar refractivity (Wildman–Crippen MR) is 81.5 cm³/mol. The molecule has 2 saturated carbocycles. The lowest BCUT2D eigenvalue weighted by molar-refractivity contribution is 0.274. The molecular weight excluding hydrogens is 286 g/mol. The van der Waals surface area contributed by atoms with Crippen LogP contribution in [0, 0.1) is 5.92 Å². The van der Waals surface area contributed by atoms with Crippen LogP contribution in [0.1, 0.15) is 57.7 Å². The minimum Gasteiger partial charge on any atom is -0.332 e. The van der Waals surface area contributed by atoms with Crippen LogP contribution in [0.2, 0.25) is 0 Å². The van der Waals surface area contributed by atoms with Crippen LogP contribution in [-0.2, 0) is 16.4 Å². The van der Waals surface area contributed by atoms with Gasteiger partial charge in [0.2, 0.25) is 0 Å². The Labute approximate surface area is 127 Å². The van der Waals surface area contributed by atoms with Crippen molar-refractivity contribution in [2.24, 2.45) is 5.92 Å². The molecule has 0 spiro atoms. The number of nitrogens with one attached hydrogen (secondary N) is 1. The lowest BCUT2D eigenvalue weighted by atomic mass is 9.89. The minimum atomic E-state index is -3.41. The Hall–Kier alpha value is -0.880. The molecule has 1 N–H and O–H groups in total. The van der Waals surface area contributed by atoms with Crippen LogP contribution in [0.25, 0.3) is 0 Å². The summed E-state index contributed by atoms with van der Waals surface area (Å²) in [6, 6.07) is 0.213. The number of hydrogen-bond donors (Lipinski definition) is 1. The van der Waals surface area contributed by atoms with Crippen molar-refractivity contribution in [2.75, 3.05) is 6.54 Å². The van der Waals surface area contributed by atoms with Gasteiger partial charge in [0.25, 0.3) is 10.0 Å². The van der Waals surface area contributed by atoms with Crippen LogP contribution in [0.15, 0.2) is 11.2 Å². The highest BCUT2D eigenvalue weighted by atomic mass is 32.2. The number of H-pyrrole nitrogens is 1. The maximum atomic E-state index is 12.9. The van der Waals surface area contributed by atoms with E-state index in [0.29, 0.717) is 12.5 Å². The normalized spacial score (nSPS) is 21.0. The molecule has 5 nitrogen and oxygen atoms in total. The Balaban J connectivity index is 1.78. The highest BCUT2D eigenvalue weighted by Gasteiger charge is 2.40. The zero-order valence-corrected chi connectivity index (χ0v) is 13.5. The first kappa shape index (κ1) is 15.0. The van der Waals surface area contributed by atoms with Gasteiger partial charge in [0.1, 0.15) is 5.82 Å². The van der Waals surface area contributed by atoms with E-state index in [0.717, 1.165) is 25.1 Å². The molecule has 0 bridgehead atoms. The van der Waals surface area contributed by atoms with E-state index in [1.807, 2.05) is 6.92 Å². The Kier molecular flexibility index (Phi) is 4.36. The molecule has 0 amide bonds. The molecule has 2 fully saturated rings. The Morgan fingerprint density at radius 2 is 1.95 bits per heavy atom. The summed E-state index contributed by atoms with van der Waals surface area (Å²) in [6.45, 7) is 2.66. The summed E-state index contributed by atoms with van der Waals surface area (Å²) in [5, 5.41) is 0.266. The zero-order chi connectivity index (χ0) is 14.9. The number of aromatic amines is 1. The van der Waals surface area contributed by atoms with Crippen molar-refractivity contribution in [1.29, 1.82) is 0 Å². The average Bonchev–Trinajstić information content (AvgIpc) is 3.20. The third-order valence-electron chi connectivity index (χ3n) is 4.64. The van der Waals surface area contributed by atoms with E-state index < -0.39 is 10.0 Å². The Morgan fingerprint density at radius 3 is 2.52 bits per heavy atom. The fourth-order valence-electron chi connectivity index (χ4n) is 3.21. The van der Waals surface area contributed by atoms with Crippen LogP contribution in [0.5, 0.6) is 0 Å². The largest absolute Gasteiger partial charge is 0.332 e. The summed E-state index contributed by atoms with van der Waals surface area (Å²) in [6.07, 6.45) is 10.3. The summed E-state index contributed by atoms with van der Waals surface area (Å²) in [5.74, 6) is 1.27. The second-order valence-corrected chi connectivity index (χ2v) is 8.22. The van der Waals surface area contributed by atoms with Crippen LogP contribution >= 0.6 is 0 Å². The molecule has 6 heteroatoms. The van der Waals surface area contributed by atoms with Gasteiger partial charge in [-0.3, -0.25) is 0 Å². The molecule has 1 heterocycles. The smallest absolute Gasteiger partial charge is 0.260 e. The standard InChI is InChI=1S/C15H25N3O2S/c1-2-14-16-10-15(17-14)21(19,20)18(13-8-9-13)11-12-6-4-3-5-7-12/h10,12-13H,2-9,11H2,1H3,(H,16,17). The molecule has 0 aromatic carbocycles. The van der Waals surface area contributed by atoms with Crippen molar-refractivity contribution in [3.05, 3.63) is 12.0 Å². The maximum Gasteiger partial charge on any atom is 0.260 e. The van der Waals surface area contributed by atoms with Crippen LogP contribution in [0.4, 0.5) is 0 Å². The highest BCUT2D eigenvalue weighted by Crippen LogP contribution is 2.35. The SMILES string of the molecule is CCc1ncc(S(=O)(=O)N(CC2CCCCC2)C2CC2)[nH]1. The van der Waals surface area contributed by atoms with Crippen LogP contribution in [-0.4, -0.2) is 35.3 Å². The Morgan fingerprint density at radius 1 is 1.24 bits per heavy atom. The number of aromatic nitrogens is 2. The molecule has 0 saturated heterocycles. The topological polar surface area (TPSA) is 66.1 Å². The minimum absolute atomic E-state index is 0.213. The molecule has 2 aliphatic carbocycles. The molecule has 0 atom stereocenters.